The molecule has 0 spiro atoms. The first-order valence-corrected chi connectivity index (χ1v) is 9.40. The van der Waals surface area contributed by atoms with E-state index in [9.17, 15) is 9.18 Å². The molecule has 0 fully saturated rings. The van der Waals surface area contributed by atoms with Gasteiger partial charge < -0.3 is 10.3 Å². The van der Waals surface area contributed by atoms with Gasteiger partial charge in [0.2, 0.25) is 0 Å². The van der Waals surface area contributed by atoms with Gasteiger partial charge in [-0.2, -0.15) is 0 Å². The largest absolute Gasteiger partial charge is 0.360 e. The number of aryl methyl sites for hydroxylation is 1. The maximum Gasteiger partial charge on any atom is 0.253 e. The second-order valence-electron chi connectivity index (χ2n) is 6.78. The maximum absolute atomic E-state index is 13.9. The number of benzene rings is 3. The quantitative estimate of drug-likeness (QED) is 0.441. The molecule has 0 aliphatic heterocycles. The van der Waals surface area contributed by atoms with Gasteiger partial charge in [-0.1, -0.05) is 60.7 Å². The van der Waals surface area contributed by atoms with Crippen molar-refractivity contribution in [3.05, 3.63) is 95.9 Å². The first-order valence-electron chi connectivity index (χ1n) is 9.40. The topological polar surface area (TPSA) is 44.9 Å². The van der Waals surface area contributed by atoms with Crippen molar-refractivity contribution in [2.24, 2.45) is 0 Å². The third-order valence-corrected chi connectivity index (χ3v) is 4.90. The number of carbonyl (C=O) groups excluding carboxylic acids is 1. The van der Waals surface area contributed by atoms with E-state index in [1.165, 1.54) is 11.6 Å². The molecular formula is C24H21FN2O. The molecule has 0 bridgehead atoms. The fraction of sp³-hybridized carbons (Fsp3) is 0.125. The number of hydrogen-bond donors (Lipinski definition) is 2. The summed E-state index contributed by atoms with van der Waals surface area (Å²) in [6.45, 7) is 0.605. The number of aromatic amines is 1. The van der Waals surface area contributed by atoms with E-state index in [2.05, 4.69) is 10.3 Å². The van der Waals surface area contributed by atoms with Crippen LogP contribution < -0.4 is 5.32 Å². The highest BCUT2D eigenvalue weighted by Crippen LogP contribution is 2.23. The maximum atomic E-state index is 13.9. The van der Waals surface area contributed by atoms with Crippen LogP contribution in [-0.4, -0.2) is 17.4 Å². The van der Waals surface area contributed by atoms with E-state index >= 15 is 0 Å². The van der Waals surface area contributed by atoms with Crippen LogP contribution in [0.15, 0.2) is 79.0 Å². The van der Waals surface area contributed by atoms with E-state index in [4.69, 9.17) is 0 Å². The first kappa shape index (κ1) is 18.0. The van der Waals surface area contributed by atoms with Crippen molar-refractivity contribution in [1.29, 1.82) is 0 Å². The zero-order valence-corrected chi connectivity index (χ0v) is 15.4. The smallest absolute Gasteiger partial charge is 0.253 e. The average Bonchev–Trinajstić information content (AvgIpc) is 3.16. The molecule has 4 heteroatoms. The monoisotopic (exact) mass is 372 g/mol. The summed E-state index contributed by atoms with van der Waals surface area (Å²) in [4.78, 5) is 15.5. The van der Waals surface area contributed by atoms with Crippen LogP contribution in [0.1, 0.15) is 22.3 Å². The predicted octanol–water partition coefficient (Wildman–Crippen LogP) is 5.34. The van der Waals surface area contributed by atoms with Gasteiger partial charge in [-0.15, -0.1) is 0 Å². The molecule has 4 aromatic rings. The molecule has 0 aliphatic rings. The van der Waals surface area contributed by atoms with Crippen LogP contribution >= 0.6 is 0 Å². The lowest BCUT2D eigenvalue weighted by Crippen LogP contribution is -2.24. The Morgan fingerprint density at radius 2 is 1.68 bits per heavy atom. The molecule has 2 N–H and O–H groups in total. The number of hydrogen-bond acceptors (Lipinski definition) is 1. The lowest BCUT2D eigenvalue weighted by atomic mass is 10.0. The molecule has 1 heterocycles. The van der Waals surface area contributed by atoms with Crippen molar-refractivity contribution in [2.45, 2.75) is 12.8 Å². The molecule has 0 saturated heterocycles. The molecule has 0 atom stereocenters. The van der Waals surface area contributed by atoms with Crippen molar-refractivity contribution in [1.82, 2.24) is 10.3 Å². The average molecular weight is 372 g/mol. The van der Waals surface area contributed by atoms with Gasteiger partial charge in [0, 0.05) is 29.2 Å². The molecule has 0 radical (unpaired) electrons. The van der Waals surface area contributed by atoms with Gasteiger partial charge in [-0.3, -0.25) is 4.79 Å². The van der Waals surface area contributed by atoms with Crippen molar-refractivity contribution in [3.63, 3.8) is 0 Å². The number of aromatic nitrogens is 1. The number of carbonyl (C=O) groups is 1. The number of H-pyrrole nitrogens is 1. The second kappa shape index (κ2) is 8.09. The van der Waals surface area contributed by atoms with Crippen molar-refractivity contribution in [2.75, 3.05) is 6.54 Å². The second-order valence-corrected chi connectivity index (χ2v) is 6.78. The first-order chi connectivity index (χ1) is 13.7. The molecule has 1 aromatic heterocycles. The molecule has 4 rings (SSSR count). The molecule has 0 unspecified atom stereocenters. The van der Waals surface area contributed by atoms with Crippen molar-refractivity contribution < 1.29 is 9.18 Å². The Kier molecular flexibility index (Phi) is 5.20. The van der Waals surface area contributed by atoms with Crippen LogP contribution in [-0.2, 0) is 6.42 Å². The lowest BCUT2D eigenvalue weighted by molar-refractivity contribution is 0.0955. The highest BCUT2D eigenvalue weighted by molar-refractivity contribution is 6.06. The minimum absolute atomic E-state index is 0.0626. The molecule has 3 aromatic carbocycles. The van der Waals surface area contributed by atoms with Crippen LogP contribution in [0.3, 0.4) is 0 Å². The molecule has 0 saturated carbocycles. The van der Waals surface area contributed by atoms with E-state index in [1.807, 2.05) is 54.6 Å². The summed E-state index contributed by atoms with van der Waals surface area (Å²) in [5, 5.41) is 3.92. The highest BCUT2D eigenvalue weighted by Gasteiger charge is 2.10. The Morgan fingerprint density at radius 1 is 0.929 bits per heavy atom. The molecule has 28 heavy (non-hydrogen) atoms. The Morgan fingerprint density at radius 3 is 2.50 bits per heavy atom. The summed E-state index contributed by atoms with van der Waals surface area (Å²) in [6, 6.07) is 22.5. The van der Waals surface area contributed by atoms with Gasteiger partial charge >= 0.3 is 0 Å². The number of halogens is 1. The van der Waals surface area contributed by atoms with Crippen LogP contribution in [0.4, 0.5) is 4.39 Å². The zero-order valence-electron chi connectivity index (χ0n) is 15.4. The minimum atomic E-state index is -0.213. The van der Waals surface area contributed by atoms with E-state index in [0.29, 0.717) is 17.7 Å². The number of nitrogens with one attached hydrogen (secondary N) is 2. The summed E-state index contributed by atoms with van der Waals surface area (Å²) in [6.07, 6.45) is 3.44. The zero-order chi connectivity index (χ0) is 19.3. The van der Waals surface area contributed by atoms with Gasteiger partial charge in [0.25, 0.3) is 5.91 Å². The van der Waals surface area contributed by atoms with Gasteiger partial charge in [-0.25, -0.2) is 4.39 Å². The van der Waals surface area contributed by atoms with E-state index in [1.54, 1.807) is 18.3 Å². The SMILES string of the molecule is O=C(NCCCc1ccc(-c2ccccc2F)cc1)c1c[nH]c2ccccc12. The summed E-state index contributed by atoms with van der Waals surface area (Å²) >= 11 is 0. The van der Waals surface area contributed by atoms with Crippen LogP contribution in [0.25, 0.3) is 22.0 Å². The highest BCUT2D eigenvalue weighted by atomic mass is 19.1. The fourth-order valence-electron chi connectivity index (χ4n) is 3.40. The van der Waals surface area contributed by atoms with E-state index < -0.39 is 0 Å². The number of rotatable bonds is 6. The summed E-state index contributed by atoms with van der Waals surface area (Å²) in [5.74, 6) is -0.275. The Bertz CT molecular complexity index is 1100. The third-order valence-electron chi connectivity index (χ3n) is 4.90. The molecular weight excluding hydrogens is 351 g/mol. The van der Waals surface area contributed by atoms with Gasteiger partial charge in [0.05, 0.1) is 5.56 Å². The summed E-state index contributed by atoms with van der Waals surface area (Å²) < 4.78 is 13.9. The molecule has 1 amide bonds. The Hall–Kier alpha value is -3.40. The molecule has 140 valence electrons. The minimum Gasteiger partial charge on any atom is -0.360 e. The summed E-state index contributed by atoms with van der Waals surface area (Å²) in [5.41, 5.74) is 4.28. The van der Waals surface area contributed by atoms with Gasteiger partial charge in [0.1, 0.15) is 5.82 Å². The Balaban J connectivity index is 1.31. The van der Waals surface area contributed by atoms with Crippen LogP contribution in [0.2, 0.25) is 0 Å². The van der Waals surface area contributed by atoms with Crippen molar-refractivity contribution >= 4 is 16.8 Å². The third kappa shape index (κ3) is 3.81. The standard InChI is InChI=1S/C24H21FN2O/c25-22-9-3-1-7-19(22)18-13-11-17(12-14-18)6-5-15-26-24(28)21-16-27-23-10-4-2-8-20(21)23/h1-4,7-14,16,27H,5-6,15H2,(H,26,28). The van der Waals surface area contributed by atoms with Crippen LogP contribution in [0.5, 0.6) is 0 Å². The van der Waals surface area contributed by atoms with E-state index in [-0.39, 0.29) is 11.7 Å². The predicted molar refractivity (Wildman–Crippen MR) is 111 cm³/mol. The van der Waals surface area contributed by atoms with Crippen molar-refractivity contribution in [3.8, 4) is 11.1 Å². The summed E-state index contributed by atoms with van der Waals surface area (Å²) in [7, 11) is 0. The number of fused-ring (bicyclic) bond motifs is 1. The lowest BCUT2D eigenvalue weighted by Gasteiger charge is -2.07. The van der Waals surface area contributed by atoms with Crippen LogP contribution in [0, 0.1) is 5.82 Å². The van der Waals surface area contributed by atoms with Gasteiger partial charge in [-0.05, 0) is 36.1 Å². The number of para-hydroxylation sites is 1. The normalized spacial score (nSPS) is 10.9. The van der Waals surface area contributed by atoms with Gasteiger partial charge in [0.15, 0.2) is 0 Å². The molecule has 3 nitrogen and oxygen atoms in total. The number of amides is 1. The van der Waals surface area contributed by atoms with E-state index in [0.717, 1.165) is 29.3 Å². The molecule has 0 aliphatic carbocycles. The fourth-order valence-corrected chi connectivity index (χ4v) is 3.40. The Labute approximate surface area is 163 Å².